The lowest BCUT2D eigenvalue weighted by molar-refractivity contribution is -0.128. The highest BCUT2D eigenvalue weighted by atomic mass is 16.6. The van der Waals surface area contributed by atoms with Gasteiger partial charge in [0.05, 0.1) is 18.6 Å². The van der Waals surface area contributed by atoms with E-state index in [9.17, 15) is 19.8 Å². The molecule has 0 saturated carbocycles. The summed E-state index contributed by atoms with van der Waals surface area (Å²) in [6.07, 6.45) is 1.13. The van der Waals surface area contributed by atoms with Gasteiger partial charge in [0.2, 0.25) is 5.85 Å². The van der Waals surface area contributed by atoms with Crippen molar-refractivity contribution in [3.63, 3.8) is 0 Å². The normalized spacial score (nSPS) is 32.3. The van der Waals surface area contributed by atoms with Crippen molar-refractivity contribution in [1.82, 2.24) is 9.55 Å². The number of nitrogens with two attached hydrogens (primary N) is 1. The smallest absolute Gasteiger partial charge is 0.331 e. The zero-order valence-electron chi connectivity index (χ0n) is 11.7. The number of H-pyrrole nitrogens is 1. The van der Waals surface area contributed by atoms with Crippen LogP contribution in [0.4, 0.5) is 0 Å². The molecule has 1 saturated heterocycles. The molecule has 1 fully saturated rings. The Hall–Kier alpha value is -1.74. The van der Waals surface area contributed by atoms with Gasteiger partial charge in [-0.05, 0) is 13.3 Å². The number of allylic oxidation sites excluding steroid dienone is 1. The van der Waals surface area contributed by atoms with E-state index < -0.39 is 41.8 Å². The van der Waals surface area contributed by atoms with E-state index in [0.717, 1.165) is 4.57 Å². The monoisotopic (exact) mass is 297 g/mol. The Labute approximate surface area is 120 Å². The summed E-state index contributed by atoms with van der Waals surface area (Å²) in [5.41, 5.74) is 5.21. The molecule has 0 radical (unpaired) electrons. The summed E-state index contributed by atoms with van der Waals surface area (Å²) in [6, 6.07) is 0. The first-order valence-electron chi connectivity index (χ1n) is 6.54. The third kappa shape index (κ3) is 2.46. The number of rotatable bonds is 4. The van der Waals surface area contributed by atoms with Crippen LogP contribution < -0.4 is 17.0 Å². The van der Waals surface area contributed by atoms with Gasteiger partial charge in [-0.3, -0.25) is 20.1 Å². The van der Waals surface area contributed by atoms with Gasteiger partial charge in [-0.15, -0.1) is 6.58 Å². The fourth-order valence-corrected chi connectivity index (χ4v) is 2.60. The van der Waals surface area contributed by atoms with Crippen molar-refractivity contribution in [3.05, 3.63) is 45.3 Å². The molecule has 0 bridgehead atoms. The van der Waals surface area contributed by atoms with Crippen LogP contribution in [-0.4, -0.2) is 38.6 Å². The summed E-state index contributed by atoms with van der Waals surface area (Å²) in [7, 11) is 0. The molecule has 8 heteroatoms. The van der Waals surface area contributed by atoms with Gasteiger partial charge in [0.25, 0.3) is 5.56 Å². The molecule has 1 unspecified atom stereocenters. The molecular formula is C13H19N3O5. The zero-order chi connectivity index (χ0) is 15.8. The standard InChI is InChI=1S/C13H19N3O5/c1-3-4-8-10(18)9(6-17)21-13(8,14)16-5-7(2)11(19)15-12(16)20/h3,5,8-10,17-18H,1,4,6,14H2,2H3,(H,15,19,20)/t8?,9-,10+,13+/m1/s1. The fraction of sp³-hybridized carbons (Fsp3) is 0.538. The van der Waals surface area contributed by atoms with Gasteiger partial charge in [-0.25, -0.2) is 4.79 Å². The largest absolute Gasteiger partial charge is 0.394 e. The third-order valence-electron chi connectivity index (χ3n) is 3.76. The molecule has 1 aromatic rings. The molecule has 8 nitrogen and oxygen atoms in total. The number of nitrogens with zero attached hydrogens (tertiary/aromatic N) is 1. The van der Waals surface area contributed by atoms with Crippen LogP contribution in [0.15, 0.2) is 28.4 Å². The number of aliphatic hydroxyl groups is 2. The highest BCUT2D eigenvalue weighted by Crippen LogP contribution is 2.38. The van der Waals surface area contributed by atoms with E-state index in [1.807, 2.05) is 0 Å². The van der Waals surface area contributed by atoms with Gasteiger partial charge in [0.1, 0.15) is 6.10 Å². The maximum absolute atomic E-state index is 12.0. The van der Waals surface area contributed by atoms with Gasteiger partial charge >= 0.3 is 5.69 Å². The summed E-state index contributed by atoms with van der Waals surface area (Å²) < 4.78 is 6.55. The van der Waals surface area contributed by atoms with E-state index in [-0.39, 0.29) is 12.0 Å². The highest BCUT2D eigenvalue weighted by Gasteiger charge is 2.53. The summed E-state index contributed by atoms with van der Waals surface area (Å²) in [4.78, 5) is 25.6. The van der Waals surface area contributed by atoms with Crippen molar-refractivity contribution in [2.75, 3.05) is 6.61 Å². The Balaban J connectivity index is 2.58. The maximum Gasteiger partial charge on any atom is 0.331 e. The molecule has 2 rings (SSSR count). The Morgan fingerprint density at radius 2 is 2.29 bits per heavy atom. The molecule has 1 aromatic heterocycles. The number of hydrogen-bond donors (Lipinski definition) is 4. The predicted molar refractivity (Wildman–Crippen MR) is 74.5 cm³/mol. The van der Waals surface area contributed by atoms with E-state index in [0.29, 0.717) is 0 Å². The number of aromatic nitrogens is 2. The molecule has 1 aliphatic rings. The maximum atomic E-state index is 12.0. The molecule has 0 aliphatic carbocycles. The Bertz CT molecular complexity index is 652. The third-order valence-corrected chi connectivity index (χ3v) is 3.76. The Kier molecular flexibility index (Phi) is 4.15. The lowest BCUT2D eigenvalue weighted by Gasteiger charge is -2.32. The van der Waals surface area contributed by atoms with Crippen LogP contribution in [0.1, 0.15) is 12.0 Å². The van der Waals surface area contributed by atoms with Crippen LogP contribution >= 0.6 is 0 Å². The first-order valence-corrected chi connectivity index (χ1v) is 6.54. The molecule has 2 heterocycles. The van der Waals surface area contributed by atoms with Crippen LogP contribution in [0.3, 0.4) is 0 Å². The van der Waals surface area contributed by atoms with E-state index in [2.05, 4.69) is 11.6 Å². The molecule has 1 aliphatic heterocycles. The number of aromatic amines is 1. The number of aryl methyl sites for hydroxylation is 1. The summed E-state index contributed by atoms with van der Waals surface area (Å²) in [5.74, 6) is -2.36. The second-order valence-electron chi connectivity index (χ2n) is 5.15. The molecule has 0 amide bonds. The zero-order valence-corrected chi connectivity index (χ0v) is 11.7. The minimum absolute atomic E-state index is 0.277. The van der Waals surface area contributed by atoms with Crippen molar-refractivity contribution in [1.29, 1.82) is 0 Å². The lowest BCUT2D eigenvalue weighted by Crippen LogP contribution is -2.55. The van der Waals surface area contributed by atoms with Crippen molar-refractivity contribution in [2.45, 2.75) is 31.4 Å². The number of aliphatic hydroxyl groups excluding tert-OH is 2. The van der Waals surface area contributed by atoms with Crippen LogP contribution in [0.25, 0.3) is 0 Å². The van der Waals surface area contributed by atoms with Crippen molar-refractivity contribution >= 4 is 0 Å². The molecule has 5 N–H and O–H groups in total. The van der Waals surface area contributed by atoms with Crippen molar-refractivity contribution in [2.24, 2.45) is 11.7 Å². The second kappa shape index (κ2) is 5.57. The minimum Gasteiger partial charge on any atom is -0.394 e. The summed E-state index contributed by atoms with van der Waals surface area (Å²) in [6.45, 7) is 4.68. The molecule has 116 valence electrons. The fourth-order valence-electron chi connectivity index (χ4n) is 2.60. The average Bonchev–Trinajstić information content (AvgIpc) is 2.68. The van der Waals surface area contributed by atoms with E-state index in [1.54, 1.807) is 6.08 Å². The van der Waals surface area contributed by atoms with Crippen LogP contribution in [0.5, 0.6) is 0 Å². The molecular weight excluding hydrogens is 278 g/mol. The number of nitrogens with one attached hydrogen (secondary N) is 1. The second-order valence-corrected chi connectivity index (χ2v) is 5.15. The lowest BCUT2D eigenvalue weighted by atomic mass is 9.93. The molecule has 21 heavy (non-hydrogen) atoms. The van der Waals surface area contributed by atoms with Gasteiger partial charge in [0, 0.05) is 11.8 Å². The quantitative estimate of drug-likeness (QED) is 0.493. The van der Waals surface area contributed by atoms with Gasteiger partial charge in [-0.2, -0.15) is 0 Å². The van der Waals surface area contributed by atoms with Crippen molar-refractivity contribution in [3.8, 4) is 0 Å². The molecule has 4 atom stereocenters. The predicted octanol–water partition coefficient (Wildman–Crippen LogP) is -1.64. The topological polar surface area (TPSA) is 131 Å². The van der Waals surface area contributed by atoms with Crippen LogP contribution in [0.2, 0.25) is 0 Å². The molecule has 0 aromatic carbocycles. The van der Waals surface area contributed by atoms with Gasteiger partial charge in [0.15, 0.2) is 0 Å². The summed E-state index contributed by atoms with van der Waals surface area (Å²) in [5, 5.41) is 19.4. The number of hydrogen-bond acceptors (Lipinski definition) is 6. The highest BCUT2D eigenvalue weighted by molar-refractivity contribution is 5.06. The van der Waals surface area contributed by atoms with Crippen LogP contribution in [0, 0.1) is 12.8 Å². The Morgan fingerprint density at radius 1 is 1.62 bits per heavy atom. The summed E-state index contributed by atoms with van der Waals surface area (Å²) >= 11 is 0. The average molecular weight is 297 g/mol. The minimum atomic E-state index is -1.67. The Morgan fingerprint density at radius 3 is 2.86 bits per heavy atom. The van der Waals surface area contributed by atoms with E-state index >= 15 is 0 Å². The first kappa shape index (κ1) is 15.6. The molecule has 0 spiro atoms. The van der Waals surface area contributed by atoms with E-state index in [1.165, 1.54) is 13.1 Å². The van der Waals surface area contributed by atoms with Crippen LogP contribution in [-0.2, 0) is 10.6 Å². The first-order chi connectivity index (χ1) is 9.85. The SMILES string of the molecule is C=CCC1[C@H](O)[C@@H](CO)O[C@@]1(N)n1cc(C)c(=O)[nH]c1=O. The number of ether oxygens (including phenoxy) is 1. The van der Waals surface area contributed by atoms with Crippen molar-refractivity contribution < 1.29 is 14.9 Å². The van der Waals surface area contributed by atoms with E-state index in [4.69, 9.17) is 10.5 Å². The van der Waals surface area contributed by atoms with Gasteiger partial charge < -0.3 is 14.9 Å². The van der Waals surface area contributed by atoms with Gasteiger partial charge in [-0.1, -0.05) is 6.08 Å².